The minimum Gasteiger partial charge on any atom is -0.329 e. The van der Waals surface area contributed by atoms with Crippen molar-refractivity contribution in [1.29, 1.82) is 0 Å². The molecule has 6 nitrogen and oxygen atoms in total. The lowest BCUT2D eigenvalue weighted by Crippen LogP contribution is -2.37. The van der Waals surface area contributed by atoms with Gasteiger partial charge in [-0.05, 0) is 31.0 Å². The van der Waals surface area contributed by atoms with E-state index in [1.807, 2.05) is 67.6 Å². The molecule has 0 saturated heterocycles. The fourth-order valence-electron chi connectivity index (χ4n) is 4.15. The standard InChI is InChI=1S/C31H42N4O2/c1-6-7-8-9-13-16-30(37)34(22-25-14-11-10-12-15-25)23-29(36)32-28-21-27(31(3,4)5)33-35(28)26-19-17-24(2)18-20-26/h10-12,14-15,17-21H,6-9,13,16,22-23H2,1-5H3,(H,32,36). The van der Waals surface area contributed by atoms with E-state index in [4.69, 9.17) is 5.10 Å². The van der Waals surface area contributed by atoms with Crippen molar-refractivity contribution in [3.63, 3.8) is 0 Å². The Labute approximate surface area is 222 Å². The quantitative estimate of drug-likeness (QED) is 0.277. The van der Waals surface area contributed by atoms with Crippen LogP contribution < -0.4 is 5.32 Å². The Hall–Kier alpha value is -3.41. The molecule has 0 saturated carbocycles. The van der Waals surface area contributed by atoms with E-state index in [0.29, 0.717) is 18.8 Å². The first-order valence-corrected chi connectivity index (χ1v) is 13.5. The number of nitrogens with one attached hydrogen (secondary N) is 1. The summed E-state index contributed by atoms with van der Waals surface area (Å²) in [7, 11) is 0. The summed E-state index contributed by atoms with van der Waals surface area (Å²) in [5.41, 5.74) is 3.74. The number of amides is 2. The van der Waals surface area contributed by atoms with E-state index in [-0.39, 0.29) is 23.8 Å². The van der Waals surface area contributed by atoms with E-state index in [2.05, 4.69) is 33.0 Å². The first kappa shape index (κ1) is 28.2. The van der Waals surface area contributed by atoms with Crippen molar-refractivity contribution in [2.45, 2.75) is 85.1 Å². The normalized spacial score (nSPS) is 11.4. The SMILES string of the molecule is CCCCCCCC(=O)N(CC(=O)Nc1cc(C(C)(C)C)nn1-c1ccc(C)cc1)Cc1ccccc1. The maximum Gasteiger partial charge on any atom is 0.245 e. The molecule has 37 heavy (non-hydrogen) atoms. The van der Waals surface area contributed by atoms with E-state index in [1.165, 1.54) is 12.8 Å². The Morgan fingerprint density at radius 3 is 2.27 bits per heavy atom. The Balaban J connectivity index is 1.77. The van der Waals surface area contributed by atoms with Gasteiger partial charge in [-0.25, -0.2) is 4.68 Å². The van der Waals surface area contributed by atoms with Gasteiger partial charge in [0.1, 0.15) is 12.4 Å². The maximum absolute atomic E-state index is 13.3. The summed E-state index contributed by atoms with van der Waals surface area (Å²) < 4.78 is 1.77. The van der Waals surface area contributed by atoms with Gasteiger partial charge in [0.15, 0.2) is 0 Å². The number of hydrogen-bond donors (Lipinski definition) is 1. The molecule has 0 bridgehead atoms. The van der Waals surface area contributed by atoms with Crippen molar-refractivity contribution < 1.29 is 9.59 Å². The molecule has 2 aromatic carbocycles. The number of nitrogens with zero attached hydrogens (tertiary/aromatic N) is 3. The monoisotopic (exact) mass is 502 g/mol. The highest BCUT2D eigenvalue weighted by Crippen LogP contribution is 2.26. The molecule has 0 aliphatic rings. The van der Waals surface area contributed by atoms with Gasteiger partial charge in [0.25, 0.3) is 0 Å². The van der Waals surface area contributed by atoms with Crippen LogP contribution in [0.15, 0.2) is 60.7 Å². The number of anilines is 1. The van der Waals surface area contributed by atoms with E-state index < -0.39 is 0 Å². The second-order valence-electron chi connectivity index (χ2n) is 10.9. The lowest BCUT2D eigenvalue weighted by Gasteiger charge is -2.22. The number of aryl methyl sites for hydroxylation is 1. The molecule has 6 heteroatoms. The molecule has 0 atom stereocenters. The van der Waals surface area contributed by atoms with Gasteiger partial charge in [-0.3, -0.25) is 9.59 Å². The number of carbonyl (C=O) groups is 2. The van der Waals surface area contributed by atoms with Gasteiger partial charge in [0.2, 0.25) is 11.8 Å². The fraction of sp³-hybridized carbons (Fsp3) is 0.452. The van der Waals surface area contributed by atoms with Crippen LogP contribution in [-0.2, 0) is 21.5 Å². The van der Waals surface area contributed by atoms with Crippen LogP contribution in [0.4, 0.5) is 5.82 Å². The molecule has 0 radical (unpaired) electrons. The molecule has 0 fully saturated rings. The Morgan fingerprint density at radius 1 is 0.946 bits per heavy atom. The lowest BCUT2D eigenvalue weighted by molar-refractivity contribution is -0.135. The second kappa shape index (κ2) is 13.2. The van der Waals surface area contributed by atoms with Crippen LogP contribution in [0.25, 0.3) is 5.69 Å². The van der Waals surface area contributed by atoms with Gasteiger partial charge < -0.3 is 10.2 Å². The predicted octanol–water partition coefficient (Wildman–Crippen LogP) is 6.81. The third-order valence-corrected chi connectivity index (χ3v) is 6.42. The van der Waals surface area contributed by atoms with Gasteiger partial charge >= 0.3 is 0 Å². The summed E-state index contributed by atoms with van der Waals surface area (Å²) in [6.45, 7) is 10.9. The second-order valence-corrected chi connectivity index (χ2v) is 10.9. The first-order valence-electron chi connectivity index (χ1n) is 13.5. The average Bonchev–Trinajstić information content (AvgIpc) is 3.28. The van der Waals surface area contributed by atoms with Crippen LogP contribution >= 0.6 is 0 Å². The van der Waals surface area contributed by atoms with Crippen LogP contribution in [0.2, 0.25) is 0 Å². The number of rotatable bonds is 12. The number of benzene rings is 2. The van der Waals surface area contributed by atoms with Crippen molar-refractivity contribution in [3.8, 4) is 5.69 Å². The highest BCUT2D eigenvalue weighted by atomic mass is 16.2. The Kier molecular flexibility index (Phi) is 10.1. The van der Waals surface area contributed by atoms with Gasteiger partial charge in [0, 0.05) is 24.4 Å². The third kappa shape index (κ3) is 8.59. The maximum atomic E-state index is 13.3. The zero-order chi connectivity index (χ0) is 26.8. The van der Waals surface area contributed by atoms with Gasteiger partial charge in [-0.2, -0.15) is 5.10 Å². The van der Waals surface area contributed by atoms with Gasteiger partial charge in [0.05, 0.1) is 11.4 Å². The number of aromatic nitrogens is 2. The summed E-state index contributed by atoms with van der Waals surface area (Å²) >= 11 is 0. The smallest absolute Gasteiger partial charge is 0.245 e. The third-order valence-electron chi connectivity index (χ3n) is 6.42. The molecule has 1 aromatic heterocycles. The van der Waals surface area contributed by atoms with E-state index in [9.17, 15) is 9.59 Å². The minimum atomic E-state index is -0.232. The molecule has 198 valence electrons. The fourth-order valence-corrected chi connectivity index (χ4v) is 4.15. The number of unbranched alkanes of at least 4 members (excludes halogenated alkanes) is 4. The van der Waals surface area contributed by atoms with Crippen LogP contribution in [0, 0.1) is 6.92 Å². The Morgan fingerprint density at radius 2 is 1.62 bits per heavy atom. The molecule has 1 heterocycles. The lowest BCUT2D eigenvalue weighted by atomic mass is 9.92. The van der Waals surface area contributed by atoms with Crippen molar-refractivity contribution in [1.82, 2.24) is 14.7 Å². The molecule has 2 amide bonds. The summed E-state index contributed by atoms with van der Waals surface area (Å²) in [5, 5.41) is 7.84. The molecule has 1 N–H and O–H groups in total. The number of carbonyl (C=O) groups excluding carboxylic acids is 2. The molecule has 3 aromatic rings. The van der Waals surface area contributed by atoms with E-state index in [1.54, 1.807) is 9.58 Å². The van der Waals surface area contributed by atoms with Crippen molar-refractivity contribution in [2.75, 3.05) is 11.9 Å². The predicted molar refractivity (Wildman–Crippen MR) is 151 cm³/mol. The highest BCUT2D eigenvalue weighted by Gasteiger charge is 2.23. The van der Waals surface area contributed by atoms with Crippen LogP contribution in [0.3, 0.4) is 0 Å². The largest absolute Gasteiger partial charge is 0.329 e. The van der Waals surface area contributed by atoms with E-state index in [0.717, 1.165) is 41.8 Å². The van der Waals surface area contributed by atoms with Gasteiger partial charge in [-0.15, -0.1) is 0 Å². The molecular weight excluding hydrogens is 460 g/mol. The zero-order valence-corrected chi connectivity index (χ0v) is 23.1. The number of hydrogen-bond acceptors (Lipinski definition) is 3. The molecule has 0 aliphatic carbocycles. The van der Waals surface area contributed by atoms with Crippen LogP contribution in [-0.4, -0.2) is 33.0 Å². The van der Waals surface area contributed by atoms with Crippen LogP contribution in [0.5, 0.6) is 0 Å². The Bertz CT molecular complexity index is 1140. The first-order chi connectivity index (χ1) is 17.7. The highest BCUT2D eigenvalue weighted by molar-refractivity contribution is 5.94. The van der Waals surface area contributed by atoms with Crippen molar-refractivity contribution in [2.24, 2.45) is 0 Å². The zero-order valence-electron chi connectivity index (χ0n) is 23.1. The molecule has 0 spiro atoms. The molecule has 0 aliphatic heterocycles. The molecule has 0 unspecified atom stereocenters. The minimum absolute atomic E-state index is 0.00732. The summed E-state index contributed by atoms with van der Waals surface area (Å²) in [6, 6.07) is 19.8. The van der Waals surface area contributed by atoms with E-state index >= 15 is 0 Å². The average molecular weight is 503 g/mol. The summed E-state index contributed by atoms with van der Waals surface area (Å²) in [6.07, 6.45) is 5.85. The van der Waals surface area contributed by atoms with Gasteiger partial charge in [-0.1, -0.05) is 101 Å². The van der Waals surface area contributed by atoms with Crippen molar-refractivity contribution in [3.05, 3.63) is 77.5 Å². The van der Waals surface area contributed by atoms with Crippen LogP contribution in [0.1, 0.15) is 83.0 Å². The molecule has 3 rings (SSSR count). The topological polar surface area (TPSA) is 67.2 Å². The van der Waals surface area contributed by atoms with Crippen molar-refractivity contribution >= 4 is 17.6 Å². The summed E-state index contributed by atoms with van der Waals surface area (Å²) in [5.74, 6) is 0.382. The summed E-state index contributed by atoms with van der Waals surface area (Å²) in [4.78, 5) is 28.1. The molecular formula is C31H42N4O2.